The predicted molar refractivity (Wildman–Crippen MR) is 90.2 cm³/mol. The molecular formula is C19H14O6. The average molecular weight is 338 g/mol. The number of ether oxygens (including phenoxy) is 1. The van der Waals surface area contributed by atoms with E-state index >= 15 is 0 Å². The van der Waals surface area contributed by atoms with Crippen molar-refractivity contribution in [3.8, 4) is 5.75 Å². The van der Waals surface area contributed by atoms with Gasteiger partial charge in [-0.1, -0.05) is 30.3 Å². The van der Waals surface area contributed by atoms with Gasteiger partial charge in [0.15, 0.2) is 12.2 Å². The van der Waals surface area contributed by atoms with E-state index in [2.05, 4.69) is 0 Å². The van der Waals surface area contributed by atoms with Crippen molar-refractivity contribution in [1.82, 2.24) is 0 Å². The van der Waals surface area contributed by atoms with Gasteiger partial charge in [-0.05, 0) is 24.6 Å². The van der Waals surface area contributed by atoms with Gasteiger partial charge in [0.05, 0.1) is 0 Å². The zero-order chi connectivity index (χ0) is 18.0. The summed E-state index contributed by atoms with van der Waals surface area (Å²) in [4.78, 5) is 35.6. The Balaban J connectivity index is 2.27. The van der Waals surface area contributed by atoms with Gasteiger partial charge in [-0.25, -0.2) is 9.59 Å². The van der Waals surface area contributed by atoms with Crippen molar-refractivity contribution in [2.75, 3.05) is 6.61 Å². The Morgan fingerprint density at radius 1 is 1.12 bits per heavy atom. The third-order valence-electron chi connectivity index (χ3n) is 3.70. The van der Waals surface area contributed by atoms with E-state index in [1.54, 1.807) is 43.3 Å². The van der Waals surface area contributed by atoms with Gasteiger partial charge in [-0.15, -0.1) is 0 Å². The molecule has 0 saturated heterocycles. The third kappa shape index (κ3) is 3.28. The Hall–Kier alpha value is -3.41. The molecule has 1 N–H and O–H groups in total. The first-order chi connectivity index (χ1) is 12.0. The fraction of sp³-hybridized carbons (Fsp3) is 0.105. The number of carbonyl (C=O) groups is 2. The summed E-state index contributed by atoms with van der Waals surface area (Å²) < 4.78 is 10.5. The number of rotatable bonds is 5. The Labute approximate surface area is 142 Å². The van der Waals surface area contributed by atoms with Crippen molar-refractivity contribution in [3.05, 3.63) is 75.6 Å². The number of carbonyl (C=O) groups excluding carboxylic acids is 1. The van der Waals surface area contributed by atoms with Gasteiger partial charge in [0, 0.05) is 17.0 Å². The van der Waals surface area contributed by atoms with Crippen LogP contribution in [0.2, 0.25) is 0 Å². The molecule has 126 valence electrons. The van der Waals surface area contributed by atoms with Crippen molar-refractivity contribution in [2.45, 2.75) is 6.92 Å². The molecule has 0 bridgehead atoms. The minimum Gasteiger partial charge on any atom is -0.481 e. The first-order valence-corrected chi connectivity index (χ1v) is 7.49. The largest absolute Gasteiger partial charge is 0.481 e. The summed E-state index contributed by atoms with van der Waals surface area (Å²) in [5.41, 5.74) is 0.549. The highest BCUT2D eigenvalue weighted by Gasteiger charge is 2.22. The highest BCUT2D eigenvalue weighted by molar-refractivity contribution is 6.17. The Kier molecular flexibility index (Phi) is 4.35. The van der Waals surface area contributed by atoms with Crippen molar-refractivity contribution >= 4 is 22.7 Å². The molecule has 0 radical (unpaired) electrons. The number of carboxylic acids is 1. The van der Waals surface area contributed by atoms with Crippen molar-refractivity contribution in [1.29, 1.82) is 0 Å². The molecule has 0 aliphatic carbocycles. The maximum absolute atomic E-state index is 13.0. The molecular weight excluding hydrogens is 324 g/mol. The smallest absolute Gasteiger partial charge is 0.341 e. The molecule has 0 spiro atoms. The van der Waals surface area contributed by atoms with E-state index in [9.17, 15) is 14.4 Å². The highest BCUT2D eigenvalue weighted by Crippen LogP contribution is 2.31. The van der Waals surface area contributed by atoms with E-state index in [1.165, 1.54) is 12.1 Å². The van der Waals surface area contributed by atoms with E-state index in [1.807, 2.05) is 0 Å². The van der Waals surface area contributed by atoms with Gasteiger partial charge < -0.3 is 14.3 Å². The van der Waals surface area contributed by atoms with Gasteiger partial charge in [0.1, 0.15) is 11.3 Å². The van der Waals surface area contributed by atoms with Crippen LogP contribution < -0.4 is 10.4 Å². The SMILES string of the molecule is Cc1cc(=O)oc2c(C(=O)c3ccccc3)c(OCC(=O)O)ccc12. The van der Waals surface area contributed by atoms with Gasteiger partial charge in [-0.3, -0.25) is 4.79 Å². The van der Waals surface area contributed by atoms with Crippen molar-refractivity contribution in [2.24, 2.45) is 0 Å². The van der Waals surface area contributed by atoms with Crippen LogP contribution in [-0.2, 0) is 4.79 Å². The molecule has 2 aromatic carbocycles. The molecule has 0 fully saturated rings. The maximum atomic E-state index is 13.0. The first-order valence-electron chi connectivity index (χ1n) is 7.49. The Bertz CT molecular complexity index is 1020. The molecule has 0 amide bonds. The van der Waals surface area contributed by atoms with Crippen LogP contribution >= 0.6 is 0 Å². The second kappa shape index (κ2) is 6.60. The summed E-state index contributed by atoms with van der Waals surface area (Å²) in [6.07, 6.45) is 0. The minimum atomic E-state index is -1.18. The third-order valence-corrected chi connectivity index (χ3v) is 3.70. The van der Waals surface area contributed by atoms with Crippen LogP contribution in [-0.4, -0.2) is 23.5 Å². The predicted octanol–water partition coefficient (Wildman–Crippen LogP) is 2.80. The number of hydrogen-bond acceptors (Lipinski definition) is 5. The summed E-state index contributed by atoms with van der Waals surface area (Å²) in [5, 5.41) is 9.42. The van der Waals surface area contributed by atoms with Gasteiger partial charge in [-0.2, -0.15) is 0 Å². The summed E-state index contributed by atoms with van der Waals surface area (Å²) >= 11 is 0. The van der Waals surface area contributed by atoms with Crippen LogP contribution in [0.4, 0.5) is 0 Å². The maximum Gasteiger partial charge on any atom is 0.341 e. The molecule has 0 atom stereocenters. The van der Waals surface area contributed by atoms with Crippen LogP contribution in [0.5, 0.6) is 5.75 Å². The summed E-state index contributed by atoms with van der Waals surface area (Å²) in [6.45, 7) is 1.12. The fourth-order valence-electron chi connectivity index (χ4n) is 2.57. The highest BCUT2D eigenvalue weighted by atomic mass is 16.5. The second-order valence-electron chi connectivity index (χ2n) is 5.44. The molecule has 6 heteroatoms. The summed E-state index contributed by atoms with van der Waals surface area (Å²) in [7, 11) is 0. The average Bonchev–Trinajstić information content (AvgIpc) is 2.59. The molecule has 0 saturated carbocycles. The molecule has 25 heavy (non-hydrogen) atoms. The van der Waals surface area contributed by atoms with Crippen LogP contribution in [0.1, 0.15) is 21.5 Å². The number of aryl methyl sites for hydroxylation is 1. The van der Waals surface area contributed by atoms with Crippen LogP contribution in [0.15, 0.2) is 57.7 Å². The molecule has 3 rings (SSSR count). The van der Waals surface area contributed by atoms with E-state index < -0.39 is 24.0 Å². The molecule has 0 unspecified atom stereocenters. The topological polar surface area (TPSA) is 93.8 Å². The number of benzene rings is 2. The lowest BCUT2D eigenvalue weighted by Crippen LogP contribution is -2.13. The zero-order valence-corrected chi connectivity index (χ0v) is 13.3. The zero-order valence-electron chi connectivity index (χ0n) is 13.3. The van der Waals surface area contributed by atoms with Crippen LogP contribution in [0.3, 0.4) is 0 Å². The quantitative estimate of drug-likeness (QED) is 0.568. The summed E-state index contributed by atoms with van der Waals surface area (Å²) in [6, 6.07) is 12.9. The van der Waals surface area contributed by atoms with Gasteiger partial charge in [0.25, 0.3) is 0 Å². The van der Waals surface area contributed by atoms with Crippen LogP contribution in [0.25, 0.3) is 11.0 Å². The normalized spacial score (nSPS) is 10.6. The lowest BCUT2D eigenvalue weighted by molar-refractivity contribution is -0.139. The number of fused-ring (bicyclic) bond motifs is 1. The molecule has 1 heterocycles. The lowest BCUT2D eigenvalue weighted by atomic mass is 9.98. The van der Waals surface area contributed by atoms with E-state index in [0.717, 1.165) is 0 Å². The fourth-order valence-corrected chi connectivity index (χ4v) is 2.57. The summed E-state index contributed by atoms with van der Waals surface area (Å²) in [5.74, 6) is -1.54. The van der Waals surface area contributed by atoms with Crippen molar-refractivity contribution in [3.63, 3.8) is 0 Å². The number of carboxylic acid groups (broad SMARTS) is 1. The standard InChI is InChI=1S/C19H14O6/c1-11-9-16(22)25-19-13(11)7-8-14(24-10-15(20)21)17(19)18(23)12-5-3-2-4-6-12/h2-9H,10H2,1H3,(H,20,21). The van der Waals surface area contributed by atoms with Gasteiger partial charge in [0.2, 0.25) is 5.78 Å². The van der Waals surface area contributed by atoms with Crippen LogP contribution in [0, 0.1) is 6.92 Å². The second-order valence-corrected chi connectivity index (χ2v) is 5.44. The van der Waals surface area contributed by atoms with E-state index in [-0.39, 0.29) is 16.9 Å². The molecule has 3 aromatic rings. The Morgan fingerprint density at radius 2 is 1.84 bits per heavy atom. The minimum absolute atomic E-state index is 0.0331. The first kappa shape index (κ1) is 16.4. The van der Waals surface area contributed by atoms with E-state index in [0.29, 0.717) is 16.5 Å². The molecule has 1 aromatic heterocycles. The number of aliphatic carboxylic acids is 1. The Morgan fingerprint density at radius 3 is 2.52 bits per heavy atom. The monoisotopic (exact) mass is 338 g/mol. The van der Waals surface area contributed by atoms with Gasteiger partial charge >= 0.3 is 11.6 Å². The number of hydrogen-bond donors (Lipinski definition) is 1. The molecule has 0 aliphatic rings. The van der Waals surface area contributed by atoms with Crippen molar-refractivity contribution < 1.29 is 23.8 Å². The number of ketones is 1. The van der Waals surface area contributed by atoms with E-state index in [4.69, 9.17) is 14.3 Å². The lowest BCUT2D eigenvalue weighted by Gasteiger charge is -2.12. The molecule has 0 aliphatic heterocycles. The molecule has 6 nitrogen and oxygen atoms in total.